The van der Waals surface area contributed by atoms with Crippen molar-refractivity contribution in [2.45, 2.75) is 58.9 Å². The smallest absolute Gasteiger partial charge is 0.0731 e. The molecular weight excluding hydrogens is 294 g/mol. The summed E-state index contributed by atoms with van der Waals surface area (Å²) in [7, 11) is 0. The maximum Gasteiger partial charge on any atom is 0.0731 e. The van der Waals surface area contributed by atoms with Crippen LogP contribution in [0, 0.1) is 6.92 Å². The molecule has 0 aromatic carbocycles. The van der Waals surface area contributed by atoms with E-state index in [1.54, 1.807) is 0 Å². The molecule has 1 heterocycles. The highest BCUT2D eigenvalue weighted by atomic mass is 79.9. The van der Waals surface area contributed by atoms with Crippen LogP contribution in [0.4, 0.5) is 0 Å². The summed E-state index contributed by atoms with van der Waals surface area (Å²) in [4.78, 5) is 1.48. The third kappa shape index (κ3) is 5.11. The van der Waals surface area contributed by atoms with E-state index in [2.05, 4.69) is 48.1 Å². The molecule has 98 valence electrons. The van der Waals surface area contributed by atoms with E-state index in [0.29, 0.717) is 6.04 Å². The Morgan fingerprint density at radius 2 is 2.06 bits per heavy atom. The summed E-state index contributed by atoms with van der Waals surface area (Å²) in [6.45, 7) is 7.67. The topological polar surface area (TPSA) is 12.0 Å². The van der Waals surface area contributed by atoms with Crippen molar-refractivity contribution in [3.63, 3.8) is 0 Å². The van der Waals surface area contributed by atoms with Gasteiger partial charge in [-0.1, -0.05) is 39.5 Å². The van der Waals surface area contributed by atoms with Gasteiger partial charge in [0.15, 0.2) is 0 Å². The molecule has 0 aliphatic heterocycles. The van der Waals surface area contributed by atoms with Crippen molar-refractivity contribution < 1.29 is 0 Å². The molecule has 0 spiro atoms. The monoisotopic (exact) mass is 317 g/mol. The van der Waals surface area contributed by atoms with Gasteiger partial charge in [-0.2, -0.15) is 0 Å². The van der Waals surface area contributed by atoms with Crippen LogP contribution in [0.5, 0.6) is 0 Å². The third-order valence-electron chi connectivity index (χ3n) is 3.02. The van der Waals surface area contributed by atoms with E-state index < -0.39 is 0 Å². The average molecular weight is 318 g/mol. The van der Waals surface area contributed by atoms with E-state index in [-0.39, 0.29) is 0 Å². The molecule has 1 N–H and O–H groups in total. The molecule has 1 unspecified atom stereocenters. The normalized spacial score (nSPS) is 12.9. The maximum absolute atomic E-state index is 3.62. The molecule has 0 fully saturated rings. The molecule has 1 aromatic rings. The molecule has 0 radical (unpaired) electrons. The standard InChI is InChI=1S/C14H24BrNS/c1-4-6-7-8-9-12(16-5-2)13-10-11(3)14(15)17-13/h10,12,16H,4-9H2,1-3H3. The number of nitrogens with one attached hydrogen (secondary N) is 1. The van der Waals surface area contributed by atoms with Gasteiger partial charge in [-0.15, -0.1) is 11.3 Å². The molecule has 0 amide bonds. The minimum absolute atomic E-state index is 0.548. The number of thiophene rings is 1. The highest BCUT2D eigenvalue weighted by Crippen LogP contribution is 2.33. The molecule has 0 saturated heterocycles. The fraction of sp³-hybridized carbons (Fsp3) is 0.714. The first-order valence-corrected chi connectivity index (χ1v) is 8.29. The van der Waals surface area contributed by atoms with Crippen LogP contribution in [0.1, 0.15) is 62.4 Å². The molecule has 1 atom stereocenters. The van der Waals surface area contributed by atoms with Gasteiger partial charge in [0.2, 0.25) is 0 Å². The van der Waals surface area contributed by atoms with Crippen molar-refractivity contribution in [3.8, 4) is 0 Å². The molecule has 1 rings (SSSR count). The second kappa shape index (κ2) is 8.28. The van der Waals surface area contributed by atoms with E-state index >= 15 is 0 Å². The molecule has 0 aliphatic rings. The predicted octanol–water partition coefficient (Wildman–Crippen LogP) is 5.44. The highest BCUT2D eigenvalue weighted by Gasteiger charge is 2.13. The van der Waals surface area contributed by atoms with Crippen LogP contribution in [-0.2, 0) is 0 Å². The maximum atomic E-state index is 3.62. The Labute approximate surface area is 118 Å². The lowest BCUT2D eigenvalue weighted by atomic mass is 10.1. The molecule has 0 saturated carbocycles. The van der Waals surface area contributed by atoms with Crippen molar-refractivity contribution in [1.29, 1.82) is 0 Å². The highest BCUT2D eigenvalue weighted by molar-refractivity contribution is 9.11. The van der Waals surface area contributed by atoms with E-state index in [1.165, 1.54) is 46.3 Å². The quantitative estimate of drug-likeness (QED) is 0.629. The Balaban J connectivity index is 2.52. The van der Waals surface area contributed by atoms with Crippen molar-refractivity contribution in [2.24, 2.45) is 0 Å². The van der Waals surface area contributed by atoms with Crippen LogP contribution in [-0.4, -0.2) is 6.54 Å². The lowest BCUT2D eigenvalue weighted by molar-refractivity contribution is 0.487. The first-order chi connectivity index (χ1) is 8.19. The average Bonchev–Trinajstić information content (AvgIpc) is 2.63. The number of halogens is 1. The summed E-state index contributed by atoms with van der Waals surface area (Å²) in [5, 5.41) is 3.61. The summed E-state index contributed by atoms with van der Waals surface area (Å²) >= 11 is 5.50. The van der Waals surface area contributed by atoms with Crippen LogP contribution < -0.4 is 5.32 Å². The second-order valence-electron chi connectivity index (χ2n) is 4.57. The third-order valence-corrected chi connectivity index (χ3v) is 5.27. The van der Waals surface area contributed by atoms with Gasteiger partial charge in [-0.25, -0.2) is 0 Å². The number of hydrogen-bond acceptors (Lipinski definition) is 2. The summed E-state index contributed by atoms with van der Waals surface area (Å²) in [6, 6.07) is 2.87. The van der Waals surface area contributed by atoms with Gasteiger partial charge in [0, 0.05) is 10.9 Å². The Hall–Kier alpha value is 0.140. The molecular formula is C14H24BrNS. The molecule has 0 bridgehead atoms. The van der Waals surface area contributed by atoms with E-state index in [4.69, 9.17) is 0 Å². The Morgan fingerprint density at radius 3 is 2.59 bits per heavy atom. The van der Waals surface area contributed by atoms with Crippen LogP contribution in [0.15, 0.2) is 9.85 Å². The van der Waals surface area contributed by atoms with Gasteiger partial charge in [0.25, 0.3) is 0 Å². The SMILES string of the molecule is CCCCCCC(NCC)c1cc(C)c(Br)s1. The molecule has 17 heavy (non-hydrogen) atoms. The van der Waals surface area contributed by atoms with E-state index in [1.807, 2.05) is 11.3 Å². The predicted molar refractivity (Wildman–Crippen MR) is 81.9 cm³/mol. The van der Waals surface area contributed by atoms with Gasteiger partial charge in [-0.05, 0) is 47.4 Å². The Morgan fingerprint density at radius 1 is 1.29 bits per heavy atom. The molecule has 1 aromatic heterocycles. The van der Waals surface area contributed by atoms with Gasteiger partial charge in [-0.3, -0.25) is 0 Å². The zero-order chi connectivity index (χ0) is 12.7. The van der Waals surface area contributed by atoms with Crippen molar-refractivity contribution in [1.82, 2.24) is 5.32 Å². The number of aryl methyl sites for hydroxylation is 1. The Bertz CT molecular complexity index is 303. The van der Waals surface area contributed by atoms with Crippen molar-refractivity contribution in [2.75, 3.05) is 6.54 Å². The van der Waals surface area contributed by atoms with Crippen LogP contribution in [0.3, 0.4) is 0 Å². The van der Waals surface area contributed by atoms with E-state index in [0.717, 1.165) is 6.54 Å². The summed E-state index contributed by atoms with van der Waals surface area (Å²) in [5.41, 5.74) is 1.36. The fourth-order valence-electron chi connectivity index (χ4n) is 2.02. The summed E-state index contributed by atoms with van der Waals surface area (Å²) in [5.74, 6) is 0. The van der Waals surface area contributed by atoms with Crippen LogP contribution in [0.2, 0.25) is 0 Å². The minimum atomic E-state index is 0.548. The first kappa shape index (κ1) is 15.2. The molecule has 1 nitrogen and oxygen atoms in total. The van der Waals surface area contributed by atoms with Gasteiger partial charge in [0.05, 0.1) is 3.79 Å². The van der Waals surface area contributed by atoms with Gasteiger partial charge < -0.3 is 5.32 Å². The van der Waals surface area contributed by atoms with Gasteiger partial charge in [0.1, 0.15) is 0 Å². The van der Waals surface area contributed by atoms with Crippen molar-refractivity contribution >= 4 is 27.3 Å². The van der Waals surface area contributed by atoms with Gasteiger partial charge >= 0.3 is 0 Å². The van der Waals surface area contributed by atoms with Crippen LogP contribution in [0.25, 0.3) is 0 Å². The lowest BCUT2D eigenvalue weighted by Crippen LogP contribution is -2.19. The second-order valence-corrected chi connectivity index (χ2v) is 6.97. The zero-order valence-corrected chi connectivity index (χ0v) is 13.6. The molecule has 0 aliphatic carbocycles. The summed E-state index contributed by atoms with van der Waals surface area (Å²) in [6.07, 6.45) is 6.64. The minimum Gasteiger partial charge on any atom is -0.310 e. The Kier molecular flexibility index (Phi) is 7.40. The van der Waals surface area contributed by atoms with E-state index in [9.17, 15) is 0 Å². The number of rotatable bonds is 8. The largest absolute Gasteiger partial charge is 0.310 e. The molecule has 3 heteroatoms. The lowest BCUT2D eigenvalue weighted by Gasteiger charge is -2.16. The first-order valence-electron chi connectivity index (χ1n) is 6.68. The fourth-order valence-corrected chi connectivity index (χ4v) is 3.70. The number of unbranched alkanes of at least 4 members (excludes halogenated alkanes) is 3. The van der Waals surface area contributed by atoms with Crippen molar-refractivity contribution in [3.05, 3.63) is 20.3 Å². The van der Waals surface area contributed by atoms with Crippen LogP contribution >= 0.6 is 27.3 Å². The number of hydrogen-bond donors (Lipinski definition) is 1. The summed E-state index contributed by atoms with van der Waals surface area (Å²) < 4.78 is 1.28. The zero-order valence-electron chi connectivity index (χ0n) is 11.2.